The van der Waals surface area contributed by atoms with Crippen molar-refractivity contribution in [1.29, 1.82) is 0 Å². The molecule has 0 amide bonds. The van der Waals surface area contributed by atoms with Gasteiger partial charge in [0, 0.05) is 13.0 Å². The standard InChI is InChI=1S/C16H15ClN2O3S2/c1-11-13(19-16(22-11)14-6-4-10-23-14)8-9-18-24(20,21)15-7-3-2-5-12(15)17/h2-7,10,18H,8-9H2,1H3. The number of hydrogen-bond acceptors (Lipinski definition) is 5. The van der Waals surface area contributed by atoms with E-state index in [1.54, 1.807) is 29.5 Å². The topological polar surface area (TPSA) is 72.2 Å². The molecule has 0 saturated carbocycles. The number of halogens is 1. The Kier molecular flexibility index (Phi) is 5.05. The van der Waals surface area contributed by atoms with Gasteiger partial charge in [0.2, 0.25) is 15.9 Å². The van der Waals surface area contributed by atoms with Crippen LogP contribution in [0.2, 0.25) is 5.02 Å². The number of benzene rings is 1. The average molecular weight is 383 g/mol. The van der Waals surface area contributed by atoms with Crippen molar-refractivity contribution < 1.29 is 12.8 Å². The molecular formula is C16H15ClN2O3S2. The second-order valence-corrected chi connectivity index (χ2v) is 8.17. The molecule has 2 aromatic heterocycles. The summed E-state index contributed by atoms with van der Waals surface area (Å²) in [6.07, 6.45) is 0.435. The molecule has 3 aromatic rings. The first-order valence-electron chi connectivity index (χ1n) is 7.22. The molecule has 0 aliphatic rings. The van der Waals surface area contributed by atoms with Crippen molar-refractivity contribution in [3.63, 3.8) is 0 Å². The number of rotatable bonds is 6. The summed E-state index contributed by atoms with van der Waals surface area (Å²) in [7, 11) is -3.65. The highest BCUT2D eigenvalue weighted by Gasteiger charge is 2.18. The van der Waals surface area contributed by atoms with Crippen LogP contribution in [-0.4, -0.2) is 19.9 Å². The lowest BCUT2D eigenvalue weighted by Crippen LogP contribution is -2.26. The van der Waals surface area contributed by atoms with E-state index < -0.39 is 10.0 Å². The molecule has 1 N–H and O–H groups in total. The summed E-state index contributed by atoms with van der Waals surface area (Å²) in [5.74, 6) is 1.25. The van der Waals surface area contributed by atoms with Gasteiger partial charge >= 0.3 is 0 Å². The first-order valence-corrected chi connectivity index (χ1v) is 9.96. The van der Waals surface area contributed by atoms with Crippen molar-refractivity contribution in [2.75, 3.05) is 6.54 Å². The molecule has 0 saturated heterocycles. The first kappa shape index (κ1) is 17.2. The van der Waals surface area contributed by atoms with E-state index in [4.69, 9.17) is 16.0 Å². The van der Waals surface area contributed by atoms with Crippen molar-refractivity contribution in [1.82, 2.24) is 9.71 Å². The fourth-order valence-electron chi connectivity index (χ4n) is 2.21. The van der Waals surface area contributed by atoms with Gasteiger partial charge in [-0.2, -0.15) is 0 Å². The van der Waals surface area contributed by atoms with Crippen molar-refractivity contribution in [2.45, 2.75) is 18.2 Å². The van der Waals surface area contributed by atoms with Crippen LogP contribution >= 0.6 is 22.9 Å². The molecule has 0 radical (unpaired) electrons. The quantitative estimate of drug-likeness (QED) is 0.702. The van der Waals surface area contributed by atoms with Crippen molar-refractivity contribution in [2.24, 2.45) is 0 Å². The van der Waals surface area contributed by atoms with E-state index >= 15 is 0 Å². The van der Waals surface area contributed by atoms with Gasteiger partial charge in [-0.3, -0.25) is 0 Å². The van der Waals surface area contributed by atoms with Crippen LogP contribution in [-0.2, 0) is 16.4 Å². The Hall–Kier alpha value is -1.67. The number of oxazole rings is 1. The summed E-state index contributed by atoms with van der Waals surface area (Å²) in [4.78, 5) is 5.46. The number of nitrogens with zero attached hydrogens (tertiary/aromatic N) is 1. The van der Waals surface area contributed by atoms with Crippen LogP contribution < -0.4 is 4.72 Å². The minimum atomic E-state index is -3.65. The van der Waals surface area contributed by atoms with Crippen LogP contribution in [0.1, 0.15) is 11.5 Å². The lowest BCUT2D eigenvalue weighted by atomic mass is 10.3. The van der Waals surface area contributed by atoms with Gasteiger partial charge in [0.25, 0.3) is 0 Å². The molecule has 0 atom stereocenters. The minimum Gasteiger partial charge on any atom is -0.440 e. The molecule has 126 valence electrons. The highest BCUT2D eigenvalue weighted by atomic mass is 35.5. The van der Waals surface area contributed by atoms with Gasteiger partial charge in [0.15, 0.2) is 0 Å². The zero-order valence-corrected chi connectivity index (χ0v) is 15.2. The summed E-state index contributed by atoms with van der Waals surface area (Å²) in [5.41, 5.74) is 0.736. The average Bonchev–Trinajstić information content (AvgIpc) is 3.18. The van der Waals surface area contributed by atoms with E-state index in [0.717, 1.165) is 10.6 Å². The fourth-order valence-corrected chi connectivity index (χ4v) is 4.41. The van der Waals surface area contributed by atoms with E-state index in [1.165, 1.54) is 6.07 Å². The smallest absolute Gasteiger partial charge is 0.242 e. The Morgan fingerprint density at radius 2 is 2.04 bits per heavy atom. The third-order valence-electron chi connectivity index (χ3n) is 3.40. The van der Waals surface area contributed by atoms with E-state index in [2.05, 4.69) is 9.71 Å². The molecular weight excluding hydrogens is 368 g/mol. The number of thiophene rings is 1. The monoisotopic (exact) mass is 382 g/mol. The van der Waals surface area contributed by atoms with Gasteiger partial charge < -0.3 is 4.42 Å². The third kappa shape index (κ3) is 3.70. The van der Waals surface area contributed by atoms with Gasteiger partial charge in [-0.25, -0.2) is 18.1 Å². The van der Waals surface area contributed by atoms with Gasteiger partial charge in [-0.05, 0) is 30.5 Å². The van der Waals surface area contributed by atoms with Crippen LogP contribution in [0.5, 0.6) is 0 Å². The lowest BCUT2D eigenvalue weighted by Gasteiger charge is -2.07. The summed E-state index contributed by atoms with van der Waals surface area (Å²) in [6, 6.07) is 10.2. The van der Waals surface area contributed by atoms with Crippen LogP contribution in [0.15, 0.2) is 51.1 Å². The van der Waals surface area contributed by atoms with Gasteiger partial charge in [-0.1, -0.05) is 29.8 Å². The van der Waals surface area contributed by atoms with Crippen LogP contribution in [0.3, 0.4) is 0 Å². The first-order chi connectivity index (χ1) is 11.5. The predicted molar refractivity (Wildman–Crippen MR) is 94.9 cm³/mol. The van der Waals surface area contributed by atoms with Crippen LogP contribution in [0, 0.1) is 6.92 Å². The normalized spacial score (nSPS) is 11.8. The fraction of sp³-hybridized carbons (Fsp3) is 0.188. The predicted octanol–water partition coefficient (Wildman–Crippen LogP) is 3.89. The maximum absolute atomic E-state index is 12.3. The van der Waals surface area contributed by atoms with E-state index in [0.29, 0.717) is 18.1 Å². The van der Waals surface area contributed by atoms with E-state index in [1.807, 2.05) is 24.4 Å². The molecule has 24 heavy (non-hydrogen) atoms. The molecule has 0 fully saturated rings. The largest absolute Gasteiger partial charge is 0.440 e. The Bertz CT molecular complexity index is 934. The second kappa shape index (κ2) is 7.06. The molecule has 0 bridgehead atoms. The Balaban J connectivity index is 1.68. The third-order valence-corrected chi connectivity index (χ3v) is 6.22. The molecule has 1 aromatic carbocycles. The van der Waals surface area contributed by atoms with Crippen LogP contribution in [0.25, 0.3) is 10.8 Å². The van der Waals surface area contributed by atoms with Gasteiger partial charge in [0.05, 0.1) is 15.6 Å². The summed E-state index contributed by atoms with van der Waals surface area (Å²) in [5, 5.41) is 2.15. The van der Waals surface area contributed by atoms with Crippen LogP contribution in [0.4, 0.5) is 0 Å². The zero-order valence-electron chi connectivity index (χ0n) is 12.8. The Morgan fingerprint density at radius 1 is 1.25 bits per heavy atom. The summed E-state index contributed by atoms with van der Waals surface area (Å²) in [6.45, 7) is 2.03. The SMILES string of the molecule is Cc1oc(-c2cccs2)nc1CCNS(=O)(=O)c1ccccc1Cl. The molecule has 8 heteroatoms. The molecule has 5 nitrogen and oxygen atoms in total. The summed E-state index contributed by atoms with van der Waals surface area (Å²) < 4.78 is 32.8. The maximum Gasteiger partial charge on any atom is 0.242 e. The zero-order chi connectivity index (χ0) is 17.2. The van der Waals surface area contributed by atoms with Crippen molar-refractivity contribution in [3.8, 4) is 10.8 Å². The molecule has 0 aliphatic heterocycles. The lowest BCUT2D eigenvalue weighted by molar-refractivity contribution is 0.539. The number of sulfonamides is 1. The number of aromatic nitrogens is 1. The Labute approximate surface area is 149 Å². The summed E-state index contributed by atoms with van der Waals surface area (Å²) >= 11 is 7.49. The van der Waals surface area contributed by atoms with E-state index in [-0.39, 0.29) is 16.5 Å². The van der Waals surface area contributed by atoms with Gasteiger partial charge in [-0.15, -0.1) is 11.3 Å². The molecule has 0 spiro atoms. The van der Waals surface area contributed by atoms with E-state index in [9.17, 15) is 8.42 Å². The maximum atomic E-state index is 12.3. The number of aryl methyl sites for hydroxylation is 1. The molecule has 2 heterocycles. The molecule has 0 aliphatic carbocycles. The number of nitrogens with one attached hydrogen (secondary N) is 1. The van der Waals surface area contributed by atoms with Gasteiger partial charge in [0.1, 0.15) is 10.7 Å². The second-order valence-electron chi connectivity index (χ2n) is 5.08. The minimum absolute atomic E-state index is 0.0721. The molecule has 0 unspecified atom stereocenters. The molecule has 3 rings (SSSR count). The van der Waals surface area contributed by atoms with Crippen molar-refractivity contribution >= 4 is 33.0 Å². The van der Waals surface area contributed by atoms with Crippen molar-refractivity contribution in [3.05, 3.63) is 58.3 Å². The highest BCUT2D eigenvalue weighted by Crippen LogP contribution is 2.26. The number of hydrogen-bond donors (Lipinski definition) is 1. The highest BCUT2D eigenvalue weighted by molar-refractivity contribution is 7.89. The Morgan fingerprint density at radius 3 is 2.75 bits per heavy atom.